The number of aromatic nitrogens is 1. The van der Waals surface area contributed by atoms with Gasteiger partial charge in [-0.1, -0.05) is 18.2 Å². The topological polar surface area (TPSA) is 128 Å². The molecule has 4 aromatic rings. The third-order valence-electron chi connectivity index (χ3n) is 5.56. The van der Waals surface area contributed by atoms with E-state index in [9.17, 15) is 17.5 Å². The number of oxazole rings is 1. The molecule has 0 unspecified atom stereocenters. The van der Waals surface area contributed by atoms with Crippen molar-refractivity contribution in [1.29, 1.82) is 5.26 Å². The Morgan fingerprint density at radius 3 is 2.52 bits per heavy atom. The van der Waals surface area contributed by atoms with Crippen LogP contribution in [0, 0.1) is 18.3 Å². The largest absolute Gasteiger partial charge is 0.441 e. The Morgan fingerprint density at radius 2 is 1.79 bits per heavy atom. The lowest BCUT2D eigenvalue weighted by atomic mass is 10.0. The zero-order valence-corrected chi connectivity index (χ0v) is 19.1. The van der Waals surface area contributed by atoms with E-state index in [4.69, 9.17) is 9.68 Å². The highest BCUT2D eigenvalue weighted by Crippen LogP contribution is 2.56. The van der Waals surface area contributed by atoms with E-state index in [1.54, 1.807) is 55.5 Å². The summed E-state index contributed by atoms with van der Waals surface area (Å²) < 4.78 is 55.1. The van der Waals surface area contributed by atoms with Crippen molar-refractivity contribution in [2.24, 2.45) is 0 Å². The van der Waals surface area contributed by atoms with Crippen molar-refractivity contribution in [3.05, 3.63) is 72.1 Å². The summed E-state index contributed by atoms with van der Waals surface area (Å²) in [6.45, 7) is 1.61. The van der Waals surface area contributed by atoms with Crippen LogP contribution >= 0.6 is 10.6 Å². The van der Waals surface area contributed by atoms with Crippen LogP contribution in [0.1, 0.15) is 11.5 Å². The Labute approximate surface area is 192 Å². The molecular weight excluding hydrogens is 462 g/mol. The number of anilines is 1. The van der Waals surface area contributed by atoms with Crippen molar-refractivity contribution >= 4 is 37.4 Å². The third-order valence-corrected chi connectivity index (χ3v) is 9.17. The van der Waals surface area contributed by atoms with E-state index < -0.39 is 20.6 Å². The molecule has 8 nitrogen and oxygen atoms in total. The molecule has 2 heterocycles. The molecule has 3 aromatic carbocycles. The fourth-order valence-electron chi connectivity index (χ4n) is 3.91. The maximum Gasteiger partial charge on any atom is 0.264 e. The van der Waals surface area contributed by atoms with Gasteiger partial charge < -0.3 is 4.42 Å². The predicted molar refractivity (Wildman–Crippen MR) is 126 cm³/mol. The van der Waals surface area contributed by atoms with Gasteiger partial charge in [0.1, 0.15) is 5.52 Å². The zero-order chi connectivity index (χ0) is 23.4. The molecule has 5 rings (SSSR count). The first-order chi connectivity index (χ1) is 15.7. The molecule has 0 fully saturated rings. The standard InChI is InChI=1S/C23H19N3O5S2/c1-15-25-20-13-19(7-8-22(20)31-15)33(29,30)26-10-11-32(27,28)23-9-6-18(12-21(23)26)17-4-2-16(14-24)3-5-17/h2-9,12-13,27-28H,10-11H2,1H3. The molecule has 1 aliphatic rings. The molecule has 0 spiro atoms. The molecule has 0 radical (unpaired) electrons. The molecular formula is C23H19N3O5S2. The Kier molecular flexibility index (Phi) is 4.95. The minimum Gasteiger partial charge on any atom is -0.441 e. The van der Waals surface area contributed by atoms with Gasteiger partial charge in [-0.25, -0.2) is 13.4 Å². The molecule has 0 saturated heterocycles. The van der Waals surface area contributed by atoms with E-state index >= 15 is 0 Å². The van der Waals surface area contributed by atoms with E-state index in [0.717, 1.165) is 5.56 Å². The lowest BCUT2D eigenvalue weighted by molar-refractivity contribution is 0.484. The molecule has 33 heavy (non-hydrogen) atoms. The van der Waals surface area contributed by atoms with E-state index in [1.807, 2.05) is 0 Å². The second kappa shape index (κ2) is 7.60. The fourth-order valence-corrected chi connectivity index (χ4v) is 7.02. The second-order valence-electron chi connectivity index (χ2n) is 7.68. The van der Waals surface area contributed by atoms with Crippen molar-refractivity contribution in [2.45, 2.75) is 16.7 Å². The molecule has 0 atom stereocenters. The highest BCUT2D eigenvalue weighted by molar-refractivity contribution is 8.24. The van der Waals surface area contributed by atoms with Crippen LogP contribution in [0.25, 0.3) is 22.2 Å². The number of hydrogen-bond acceptors (Lipinski definition) is 7. The van der Waals surface area contributed by atoms with Gasteiger partial charge in [-0.3, -0.25) is 13.4 Å². The quantitative estimate of drug-likeness (QED) is 0.422. The van der Waals surface area contributed by atoms with Crippen LogP contribution in [0.3, 0.4) is 0 Å². The average molecular weight is 482 g/mol. The van der Waals surface area contributed by atoms with E-state index in [0.29, 0.717) is 28.1 Å². The van der Waals surface area contributed by atoms with Crippen LogP contribution in [0.15, 0.2) is 74.9 Å². The molecule has 0 saturated carbocycles. The number of aryl methyl sites for hydroxylation is 1. The van der Waals surface area contributed by atoms with Crippen molar-refractivity contribution in [3.8, 4) is 17.2 Å². The van der Waals surface area contributed by atoms with Gasteiger partial charge in [0.25, 0.3) is 10.0 Å². The third kappa shape index (κ3) is 3.65. The van der Waals surface area contributed by atoms with Crippen LogP contribution in [0.5, 0.6) is 0 Å². The number of hydrogen-bond donors (Lipinski definition) is 2. The minimum absolute atomic E-state index is 0.0383. The molecule has 1 aromatic heterocycles. The van der Waals surface area contributed by atoms with Gasteiger partial charge >= 0.3 is 0 Å². The van der Waals surface area contributed by atoms with Gasteiger partial charge in [0.2, 0.25) is 0 Å². The van der Waals surface area contributed by atoms with E-state index in [-0.39, 0.29) is 27.8 Å². The summed E-state index contributed by atoms with van der Waals surface area (Å²) in [6.07, 6.45) is 0. The van der Waals surface area contributed by atoms with Crippen LogP contribution in [0.4, 0.5) is 5.69 Å². The summed E-state index contributed by atoms with van der Waals surface area (Å²) in [5.74, 6) is 0.338. The Bertz CT molecular complexity index is 1540. The van der Waals surface area contributed by atoms with Crippen LogP contribution < -0.4 is 4.31 Å². The summed E-state index contributed by atoms with van der Waals surface area (Å²) in [6, 6.07) is 18.3. The number of rotatable bonds is 3. The van der Waals surface area contributed by atoms with Crippen LogP contribution in [0.2, 0.25) is 0 Å². The first-order valence-corrected chi connectivity index (χ1v) is 13.2. The number of fused-ring (bicyclic) bond motifs is 2. The normalized spacial score (nSPS) is 16.2. The van der Waals surface area contributed by atoms with Gasteiger partial charge in [0.15, 0.2) is 11.5 Å². The van der Waals surface area contributed by atoms with E-state index in [1.165, 1.54) is 16.4 Å². The monoisotopic (exact) mass is 481 g/mol. The minimum atomic E-state index is -4.02. The fraction of sp³-hybridized carbons (Fsp3) is 0.130. The van der Waals surface area contributed by atoms with Crippen molar-refractivity contribution < 1.29 is 21.9 Å². The van der Waals surface area contributed by atoms with Gasteiger partial charge in [-0.15, -0.1) is 0 Å². The first-order valence-electron chi connectivity index (χ1n) is 9.99. The molecule has 2 N–H and O–H groups in total. The van der Waals surface area contributed by atoms with Crippen molar-refractivity contribution in [1.82, 2.24) is 4.98 Å². The lowest BCUT2D eigenvalue weighted by Crippen LogP contribution is -2.38. The molecule has 168 valence electrons. The molecule has 1 aliphatic heterocycles. The molecule has 0 bridgehead atoms. The highest BCUT2D eigenvalue weighted by Gasteiger charge is 2.36. The smallest absolute Gasteiger partial charge is 0.264 e. The maximum atomic E-state index is 13.6. The predicted octanol–water partition coefficient (Wildman–Crippen LogP) is 4.99. The molecule has 10 heteroatoms. The summed E-state index contributed by atoms with van der Waals surface area (Å²) in [5, 5.41) is 9.03. The van der Waals surface area contributed by atoms with E-state index in [2.05, 4.69) is 11.1 Å². The van der Waals surface area contributed by atoms with Gasteiger partial charge in [-0.2, -0.15) is 15.9 Å². The summed E-state index contributed by atoms with van der Waals surface area (Å²) in [5.41, 5.74) is 3.12. The van der Waals surface area contributed by atoms with Gasteiger partial charge in [-0.05, 0) is 53.6 Å². The Morgan fingerprint density at radius 1 is 1.06 bits per heavy atom. The Balaban J connectivity index is 1.63. The second-order valence-corrected chi connectivity index (χ2v) is 11.7. The number of sulfonamides is 1. The average Bonchev–Trinajstić information content (AvgIpc) is 3.18. The maximum absolute atomic E-state index is 13.6. The van der Waals surface area contributed by atoms with Gasteiger partial charge in [0.05, 0.1) is 39.4 Å². The van der Waals surface area contributed by atoms with Crippen LogP contribution in [-0.2, 0) is 10.0 Å². The SMILES string of the molecule is Cc1nc2cc(S(=O)(=O)N3CCS(O)(O)c4ccc(-c5ccc(C#N)cc5)cc43)ccc2o1. The van der Waals surface area contributed by atoms with Crippen molar-refractivity contribution in [3.63, 3.8) is 0 Å². The number of nitrogens with zero attached hydrogens (tertiary/aromatic N) is 3. The first kappa shape index (κ1) is 21.5. The van der Waals surface area contributed by atoms with Crippen LogP contribution in [-0.4, -0.2) is 34.8 Å². The summed E-state index contributed by atoms with van der Waals surface area (Å²) in [4.78, 5) is 4.45. The zero-order valence-electron chi connectivity index (χ0n) is 17.5. The molecule has 0 aliphatic carbocycles. The number of nitriles is 1. The number of benzene rings is 3. The Hall–Kier alpha value is -3.36. The molecule has 0 amide bonds. The summed E-state index contributed by atoms with van der Waals surface area (Å²) >= 11 is 0. The highest BCUT2D eigenvalue weighted by atomic mass is 32.3. The van der Waals surface area contributed by atoms with Gasteiger partial charge in [0, 0.05) is 6.92 Å². The van der Waals surface area contributed by atoms with Crippen molar-refractivity contribution in [2.75, 3.05) is 16.6 Å². The summed E-state index contributed by atoms with van der Waals surface area (Å²) in [7, 11) is -7.15. The lowest BCUT2D eigenvalue weighted by Gasteiger charge is -2.42.